The molecule has 1 aliphatic heterocycles. The van der Waals surface area contributed by atoms with Gasteiger partial charge in [-0.15, -0.1) is 0 Å². The summed E-state index contributed by atoms with van der Waals surface area (Å²) < 4.78 is 5.96. The molecule has 144 valence electrons. The van der Waals surface area contributed by atoms with E-state index in [2.05, 4.69) is 4.90 Å². The summed E-state index contributed by atoms with van der Waals surface area (Å²) in [5, 5.41) is 0.530. The molecule has 1 aliphatic rings. The monoisotopic (exact) mass is 376 g/mol. The largest absolute Gasteiger partial charge is 0.450 e. The fraction of sp³-hybridized carbons (Fsp3) is 0.304. The quantitative estimate of drug-likeness (QED) is 0.683. The van der Waals surface area contributed by atoms with Crippen LogP contribution in [-0.4, -0.2) is 42.9 Å². The molecule has 3 aromatic rings. The molecule has 4 rings (SSSR count). The maximum absolute atomic E-state index is 13.4. The van der Waals surface area contributed by atoms with E-state index in [1.807, 2.05) is 63.5 Å². The first-order chi connectivity index (χ1) is 13.5. The number of aryl methyl sites for hydroxylation is 1. The van der Waals surface area contributed by atoms with E-state index in [9.17, 15) is 9.59 Å². The summed E-state index contributed by atoms with van der Waals surface area (Å²) in [5.74, 6) is -0.0257. The van der Waals surface area contributed by atoms with Crippen molar-refractivity contribution in [2.75, 3.05) is 27.2 Å². The fourth-order valence-electron chi connectivity index (χ4n) is 3.90. The molecule has 1 amide bonds. The molecule has 0 saturated heterocycles. The van der Waals surface area contributed by atoms with Crippen molar-refractivity contribution in [3.05, 3.63) is 81.2 Å². The van der Waals surface area contributed by atoms with Crippen LogP contribution in [0.3, 0.4) is 0 Å². The fourth-order valence-corrected chi connectivity index (χ4v) is 3.90. The second-order valence-electron chi connectivity index (χ2n) is 7.64. The number of hydrogen-bond acceptors (Lipinski definition) is 4. The van der Waals surface area contributed by atoms with Gasteiger partial charge in [-0.3, -0.25) is 9.59 Å². The van der Waals surface area contributed by atoms with Crippen LogP contribution in [0.25, 0.3) is 11.0 Å². The maximum Gasteiger partial charge on any atom is 0.290 e. The lowest BCUT2D eigenvalue weighted by atomic mass is 9.98. The number of carbonyl (C=O) groups excluding carboxylic acids is 1. The summed E-state index contributed by atoms with van der Waals surface area (Å²) in [7, 11) is 4.02. The van der Waals surface area contributed by atoms with Crippen LogP contribution >= 0.6 is 0 Å². The number of benzene rings is 2. The maximum atomic E-state index is 13.4. The van der Waals surface area contributed by atoms with Crippen molar-refractivity contribution in [2.24, 2.45) is 0 Å². The zero-order valence-electron chi connectivity index (χ0n) is 16.4. The minimum atomic E-state index is -0.410. The van der Waals surface area contributed by atoms with Gasteiger partial charge in [0.25, 0.3) is 5.91 Å². The molecule has 0 spiro atoms. The molecule has 0 unspecified atom stereocenters. The van der Waals surface area contributed by atoms with Crippen molar-refractivity contribution >= 4 is 16.9 Å². The van der Waals surface area contributed by atoms with Crippen LogP contribution in [0.15, 0.2) is 57.7 Å². The molecule has 0 aliphatic carbocycles. The van der Waals surface area contributed by atoms with Crippen molar-refractivity contribution in [2.45, 2.75) is 19.4 Å². The van der Waals surface area contributed by atoms with E-state index in [0.29, 0.717) is 23.1 Å². The average molecular weight is 376 g/mol. The third-order valence-electron chi connectivity index (χ3n) is 5.24. The molecule has 28 heavy (non-hydrogen) atoms. The second-order valence-corrected chi connectivity index (χ2v) is 7.64. The van der Waals surface area contributed by atoms with E-state index >= 15 is 0 Å². The normalized spacial score (nSPS) is 16.2. The van der Waals surface area contributed by atoms with Crippen LogP contribution in [0.1, 0.15) is 39.7 Å². The molecule has 5 nitrogen and oxygen atoms in total. The highest BCUT2D eigenvalue weighted by Gasteiger charge is 2.42. The Morgan fingerprint density at radius 1 is 1.07 bits per heavy atom. The number of fused-ring (bicyclic) bond motifs is 2. The van der Waals surface area contributed by atoms with E-state index in [1.54, 1.807) is 11.0 Å². The van der Waals surface area contributed by atoms with Crippen LogP contribution in [-0.2, 0) is 0 Å². The summed E-state index contributed by atoms with van der Waals surface area (Å²) in [4.78, 5) is 30.4. The SMILES string of the molecule is Cc1ccc2oc3c(c(=O)c2c1)[C@@H](c1ccccc1)N(CCCN(C)C)C3=O. The lowest BCUT2D eigenvalue weighted by Crippen LogP contribution is -2.32. The highest BCUT2D eigenvalue weighted by Crippen LogP contribution is 2.38. The minimum Gasteiger partial charge on any atom is -0.450 e. The zero-order chi connectivity index (χ0) is 19.8. The molecule has 0 N–H and O–H groups in total. The molecule has 2 aromatic carbocycles. The first kappa shape index (κ1) is 18.4. The van der Waals surface area contributed by atoms with Crippen molar-refractivity contribution in [3.8, 4) is 0 Å². The van der Waals surface area contributed by atoms with Gasteiger partial charge < -0.3 is 14.2 Å². The van der Waals surface area contributed by atoms with Gasteiger partial charge in [0.2, 0.25) is 5.76 Å². The van der Waals surface area contributed by atoms with E-state index < -0.39 is 6.04 Å². The van der Waals surface area contributed by atoms with Gasteiger partial charge in [-0.2, -0.15) is 0 Å². The number of rotatable bonds is 5. The second kappa shape index (κ2) is 7.24. The molecule has 2 heterocycles. The third kappa shape index (κ3) is 3.12. The molecule has 1 atom stereocenters. The number of carbonyl (C=O) groups is 1. The predicted octanol–water partition coefficient (Wildman–Crippen LogP) is 3.60. The number of hydrogen-bond donors (Lipinski definition) is 0. The summed E-state index contributed by atoms with van der Waals surface area (Å²) in [5.41, 5.74) is 2.72. The molecule has 0 bridgehead atoms. The van der Waals surface area contributed by atoms with Crippen molar-refractivity contribution in [3.63, 3.8) is 0 Å². The molecule has 0 saturated carbocycles. The van der Waals surface area contributed by atoms with Crippen LogP contribution < -0.4 is 5.43 Å². The summed E-state index contributed by atoms with van der Waals surface area (Å²) in [6, 6.07) is 14.8. The average Bonchev–Trinajstić information content (AvgIpc) is 2.95. The van der Waals surface area contributed by atoms with Crippen LogP contribution in [0, 0.1) is 6.92 Å². The Balaban J connectivity index is 1.88. The summed E-state index contributed by atoms with van der Waals surface area (Å²) in [6.45, 7) is 3.37. The summed E-state index contributed by atoms with van der Waals surface area (Å²) >= 11 is 0. The van der Waals surface area contributed by atoms with Crippen molar-refractivity contribution < 1.29 is 9.21 Å². The van der Waals surface area contributed by atoms with Crippen molar-refractivity contribution in [1.82, 2.24) is 9.80 Å². The summed E-state index contributed by atoms with van der Waals surface area (Å²) in [6.07, 6.45) is 0.822. The van der Waals surface area contributed by atoms with Gasteiger partial charge >= 0.3 is 0 Å². The number of nitrogens with zero attached hydrogens (tertiary/aromatic N) is 2. The van der Waals surface area contributed by atoms with E-state index in [-0.39, 0.29) is 17.1 Å². The molecule has 1 aromatic heterocycles. The van der Waals surface area contributed by atoms with Gasteiger partial charge in [0.05, 0.1) is 17.0 Å². The topological polar surface area (TPSA) is 53.8 Å². The van der Waals surface area contributed by atoms with E-state index in [4.69, 9.17) is 4.42 Å². The molecule has 0 radical (unpaired) electrons. The lowest BCUT2D eigenvalue weighted by Gasteiger charge is -2.25. The third-order valence-corrected chi connectivity index (χ3v) is 5.24. The Kier molecular flexibility index (Phi) is 4.77. The van der Waals surface area contributed by atoms with Crippen LogP contribution in [0.4, 0.5) is 0 Å². The Labute approximate surface area is 164 Å². The van der Waals surface area contributed by atoms with Gasteiger partial charge in [0, 0.05) is 6.54 Å². The standard InChI is InChI=1S/C23H24N2O3/c1-15-10-11-18-17(14-15)21(26)19-20(16-8-5-4-6-9-16)25(13-7-12-24(2)3)23(27)22(19)28-18/h4-6,8-11,14,20H,7,12-13H2,1-3H3/t20-/m1/s1. The Hall–Kier alpha value is -2.92. The molecule has 5 heteroatoms. The number of amides is 1. The van der Waals surface area contributed by atoms with Gasteiger partial charge in [0.15, 0.2) is 5.43 Å². The first-order valence-corrected chi connectivity index (χ1v) is 9.55. The van der Waals surface area contributed by atoms with Crippen LogP contribution in [0.5, 0.6) is 0 Å². The smallest absolute Gasteiger partial charge is 0.290 e. The Bertz CT molecular complexity index is 1090. The lowest BCUT2D eigenvalue weighted by molar-refractivity contribution is 0.0722. The van der Waals surface area contributed by atoms with Gasteiger partial charge in [-0.1, -0.05) is 42.0 Å². The van der Waals surface area contributed by atoms with Gasteiger partial charge in [0.1, 0.15) is 5.58 Å². The van der Waals surface area contributed by atoms with E-state index in [1.165, 1.54) is 0 Å². The molecular weight excluding hydrogens is 352 g/mol. The van der Waals surface area contributed by atoms with E-state index in [0.717, 1.165) is 24.1 Å². The molecular formula is C23H24N2O3. The highest BCUT2D eigenvalue weighted by atomic mass is 16.3. The zero-order valence-corrected chi connectivity index (χ0v) is 16.4. The Morgan fingerprint density at radius 3 is 2.54 bits per heavy atom. The van der Waals surface area contributed by atoms with Gasteiger partial charge in [-0.05, 0) is 51.7 Å². The molecule has 0 fully saturated rings. The van der Waals surface area contributed by atoms with Gasteiger partial charge in [-0.25, -0.2) is 0 Å². The minimum absolute atomic E-state index is 0.114. The van der Waals surface area contributed by atoms with Crippen molar-refractivity contribution in [1.29, 1.82) is 0 Å². The predicted molar refractivity (Wildman–Crippen MR) is 110 cm³/mol. The highest BCUT2D eigenvalue weighted by molar-refractivity contribution is 5.99. The Morgan fingerprint density at radius 2 is 1.82 bits per heavy atom. The first-order valence-electron chi connectivity index (χ1n) is 9.55. The van der Waals surface area contributed by atoms with Crippen LogP contribution in [0.2, 0.25) is 0 Å².